The van der Waals surface area contributed by atoms with E-state index in [1.54, 1.807) is 13.0 Å². The fourth-order valence-electron chi connectivity index (χ4n) is 3.10. The van der Waals surface area contributed by atoms with Crippen molar-refractivity contribution in [3.8, 4) is 5.95 Å². The Morgan fingerprint density at radius 1 is 1.31 bits per heavy atom. The number of nitrogens with zero attached hydrogens (tertiary/aromatic N) is 3. The minimum Gasteiger partial charge on any atom is -0.306 e. The van der Waals surface area contributed by atoms with Gasteiger partial charge in [-0.05, 0) is 44.4 Å². The van der Waals surface area contributed by atoms with Gasteiger partial charge in [-0.3, -0.25) is 14.6 Å². The molecule has 0 radical (unpaired) electrons. The van der Waals surface area contributed by atoms with Gasteiger partial charge in [0.05, 0.1) is 11.4 Å². The van der Waals surface area contributed by atoms with Crippen LogP contribution in [0.2, 0.25) is 0 Å². The van der Waals surface area contributed by atoms with E-state index in [9.17, 15) is 14.0 Å². The zero-order valence-corrected chi connectivity index (χ0v) is 14.0. The molecule has 1 aliphatic carbocycles. The van der Waals surface area contributed by atoms with Crippen LogP contribution >= 0.6 is 0 Å². The Morgan fingerprint density at radius 2 is 2.15 bits per heavy atom. The van der Waals surface area contributed by atoms with Crippen molar-refractivity contribution in [2.45, 2.75) is 26.2 Å². The number of anilines is 1. The molecule has 7 nitrogen and oxygen atoms in total. The number of fused-ring (bicyclic) bond motifs is 1. The van der Waals surface area contributed by atoms with Gasteiger partial charge in [0.1, 0.15) is 11.6 Å². The Kier molecular flexibility index (Phi) is 3.87. The number of aryl methyl sites for hydroxylation is 2. The molecule has 1 amide bonds. The highest BCUT2D eigenvalue weighted by molar-refractivity contribution is 6.03. The summed E-state index contributed by atoms with van der Waals surface area (Å²) in [5.41, 5.74) is 2.12. The number of nitrogens with one attached hydrogen (secondary N) is 2. The maximum Gasteiger partial charge on any atom is 0.256 e. The summed E-state index contributed by atoms with van der Waals surface area (Å²) in [5.74, 6) is -0.378. The highest BCUT2D eigenvalue weighted by Gasteiger charge is 2.20. The van der Waals surface area contributed by atoms with E-state index in [1.807, 2.05) is 0 Å². The lowest BCUT2D eigenvalue weighted by molar-refractivity contribution is 0.102. The second-order valence-electron chi connectivity index (χ2n) is 6.22. The zero-order valence-electron chi connectivity index (χ0n) is 14.0. The van der Waals surface area contributed by atoms with Gasteiger partial charge in [0, 0.05) is 17.2 Å². The van der Waals surface area contributed by atoms with Crippen LogP contribution in [0, 0.1) is 12.7 Å². The molecule has 2 heterocycles. The fourth-order valence-corrected chi connectivity index (χ4v) is 3.10. The molecule has 0 bridgehead atoms. The summed E-state index contributed by atoms with van der Waals surface area (Å²) in [6.45, 7) is 1.76. The van der Waals surface area contributed by atoms with Crippen LogP contribution < -0.4 is 10.9 Å². The zero-order chi connectivity index (χ0) is 18.3. The Morgan fingerprint density at radius 3 is 2.96 bits per heavy atom. The van der Waals surface area contributed by atoms with Crippen molar-refractivity contribution in [3.05, 3.63) is 69.0 Å². The van der Waals surface area contributed by atoms with Gasteiger partial charge in [-0.1, -0.05) is 6.07 Å². The van der Waals surface area contributed by atoms with Crippen LogP contribution in [0.1, 0.15) is 33.7 Å². The molecule has 4 rings (SSSR count). The van der Waals surface area contributed by atoms with Crippen molar-refractivity contribution >= 4 is 11.7 Å². The minimum atomic E-state index is -0.494. The van der Waals surface area contributed by atoms with Gasteiger partial charge in [-0.15, -0.1) is 0 Å². The number of hydrogen-bond donors (Lipinski definition) is 2. The molecule has 0 spiro atoms. The van der Waals surface area contributed by atoms with E-state index in [2.05, 4.69) is 20.4 Å². The average Bonchev–Trinajstić information content (AvgIpc) is 3.21. The lowest BCUT2D eigenvalue weighted by Gasteiger charge is -2.09. The lowest BCUT2D eigenvalue weighted by atomic mass is 10.2. The summed E-state index contributed by atoms with van der Waals surface area (Å²) in [5, 5.41) is 7.00. The molecule has 3 aromatic rings. The van der Waals surface area contributed by atoms with Crippen LogP contribution in [0.4, 0.5) is 10.2 Å². The molecule has 0 saturated carbocycles. The second kappa shape index (κ2) is 6.21. The first-order valence-electron chi connectivity index (χ1n) is 8.27. The van der Waals surface area contributed by atoms with Gasteiger partial charge in [0.15, 0.2) is 0 Å². The summed E-state index contributed by atoms with van der Waals surface area (Å²) in [6.07, 6.45) is 2.37. The Labute approximate surface area is 147 Å². The van der Waals surface area contributed by atoms with Crippen molar-refractivity contribution in [3.63, 3.8) is 0 Å². The number of H-pyrrole nitrogens is 1. The van der Waals surface area contributed by atoms with Gasteiger partial charge < -0.3 is 5.32 Å². The third-order valence-corrected chi connectivity index (χ3v) is 4.29. The molecule has 0 fully saturated rings. The number of hydrogen-bond acceptors (Lipinski definition) is 4. The van der Waals surface area contributed by atoms with Crippen LogP contribution in [0.5, 0.6) is 0 Å². The first kappa shape index (κ1) is 16.2. The van der Waals surface area contributed by atoms with E-state index < -0.39 is 11.7 Å². The number of carbonyl (C=O) groups is 1. The fraction of sp³-hybridized carbons (Fsp3) is 0.222. The molecule has 0 saturated heterocycles. The van der Waals surface area contributed by atoms with E-state index in [1.165, 1.54) is 22.9 Å². The van der Waals surface area contributed by atoms with E-state index in [0.717, 1.165) is 31.0 Å². The monoisotopic (exact) mass is 353 g/mol. The third-order valence-electron chi connectivity index (χ3n) is 4.29. The number of rotatable bonds is 3. The SMILES string of the molecule is Cc1cc(NC(=O)c2cccc(F)c2)n(-c2nc3c(c(=O)[nH]2)CCC3)n1. The number of aromatic nitrogens is 4. The summed E-state index contributed by atoms with van der Waals surface area (Å²) in [4.78, 5) is 31.8. The van der Waals surface area contributed by atoms with Crippen molar-refractivity contribution in [2.24, 2.45) is 0 Å². The molecule has 1 aliphatic rings. The quantitative estimate of drug-likeness (QED) is 0.754. The van der Waals surface area contributed by atoms with E-state index in [-0.39, 0.29) is 17.1 Å². The maximum atomic E-state index is 13.3. The number of halogens is 1. The summed E-state index contributed by atoms with van der Waals surface area (Å²) in [6, 6.07) is 7.06. The Hall–Kier alpha value is -3.29. The van der Waals surface area contributed by atoms with Crippen LogP contribution in [0.3, 0.4) is 0 Å². The van der Waals surface area contributed by atoms with Crippen LogP contribution in [0.25, 0.3) is 5.95 Å². The molecule has 2 aromatic heterocycles. The molecule has 8 heteroatoms. The third kappa shape index (κ3) is 2.90. The number of carbonyl (C=O) groups excluding carboxylic acids is 1. The number of benzene rings is 1. The predicted octanol–water partition coefficient (Wildman–Crippen LogP) is 2.14. The van der Waals surface area contributed by atoms with E-state index >= 15 is 0 Å². The normalized spacial score (nSPS) is 12.8. The second-order valence-corrected chi connectivity index (χ2v) is 6.22. The van der Waals surface area contributed by atoms with Crippen molar-refractivity contribution in [2.75, 3.05) is 5.32 Å². The molecule has 0 aliphatic heterocycles. The highest BCUT2D eigenvalue weighted by atomic mass is 19.1. The van der Waals surface area contributed by atoms with Crippen molar-refractivity contribution < 1.29 is 9.18 Å². The van der Waals surface area contributed by atoms with Gasteiger partial charge in [-0.2, -0.15) is 9.78 Å². The van der Waals surface area contributed by atoms with Gasteiger partial charge in [-0.25, -0.2) is 9.37 Å². The maximum absolute atomic E-state index is 13.3. The van der Waals surface area contributed by atoms with Crippen molar-refractivity contribution in [1.29, 1.82) is 0 Å². The van der Waals surface area contributed by atoms with Gasteiger partial charge in [0.25, 0.3) is 11.5 Å². The Bertz CT molecular complexity index is 1070. The molecule has 0 atom stereocenters. The van der Waals surface area contributed by atoms with Crippen molar-refractivity contribution in [1.82, 2.24) is 19.7 Å². The predicted molar refractivity (Wildman–Crippen MR) is 93.1 cm³/mol. The lowest BCUT2D eigenvalue weighted by Crippen LogP contribution is -2.21. The summed E-state index contributed by atoms with van der Waals surface area (Å²) in [7, 11) is 0. The van der Waals surface area contributed by atoms with E-state index in [0.29, 0.717) is 17.1 Å². The van der Waals surface area contributed by atoms with Gasteiger partial charge in [0.2, 0.25) is 5.95 Å². The summed E-state index contributed by atoms with van der Waals surface area (Å²) >= 11 is 0. The van der Waals surface area contributed by atoms with Gasteiger partial charge >= 0.3 is 0 Å². The van der Waals surface area contributed by atoms with Crippen LogP contribution in [-0.4, -0.2) is 25.7 Å². The molecule has 0 unspecified atom stereocenters. The molecule has 1 aromatic carbocycles. The summed E-state index contributed by atoms with van der Waals surface area (Å²) < 4.78 is 14.7. The molecule has 132 valence electrons. The van der Waals surface area contributed by atoms with Crippen LogP contribution in [0.15, 0.2) is 35.1 Å². The number of amides is 1. The Balaban J connectivity index is 1.71. The van der Waals surface area contributed by atoms with Crippen LogP contribution in [-0.2, 0) is 12.8 Å². The average molecular weight is 353 g/mol. The molecule has 26 heavy (non-hydrogen) atoms. The first-order chi connectivity index (χ1) is 12.5. The largest absolute Gasteiger partial charge is 0.306 e. The highest BCUT2D eigenvalue weighted by Crippen LogP contribution is 2.19. The smallest absolute Gasteiger partial charge is 0.256 e. The topological polar surface area (TPSA) is 92.7 Å². The first-order valence-corrected chi connectivity index (χ1v) is 8.27. The van der Waals surface area contributed by atoms with E-state index in [4.69, 9.17) is 0 Å². The minimum absolute atomic E-state index is 0.182. The number of aromatic amines is 1. The molecular weight excluding hydrogens is 337 g/mol. The standard InChI is InChI=1S/C18H16FN5O2/c1-10-8-15(21-16(25)11-4-2-5-12(19)9-11)24(23-10)18-20-14-7-3-6-13(14)17(26)22-18/h2,4-5,8-9H,3,6-7H2,1H3,(H,21,25)(H,20,22,26). The molecule has 2 N–H and O–H groups in total. The molecular formula is C18H16FN5O2.